The Morgan fingerprint density at radius 2 is 1.80 bits per heavy atom. The van der Waals surface area contributed by atoms with Gasteiger partial charge in [0.1, 0.15) is 0 Å². The monoisotopic (exact) mass is 386 g/mol. The summed E-state index contributed by atoms with van der Waals surface area (Å²) in [4.78, 5) is 5.09. The van der Waals surface area contributed by atoms with Crippen molar-refractivity contribution in [2.24, 2.45) is 5.92 Å². The maximum Gasteiger partial charge on any atom is 0.0233 e. The Morgan fingerprint density at radius 3 is 2.35 bits per heavy atom. The number of likely N-dealkylation sites (tertiary alicyclic amines) is 1. The molecule has 1 aromatic rings. The summed E-state index contributed by atoms with van der Waals surface area (Å²) in [7, 11) is 2.25. The fourth-order valence-electron chi connectivity index (χ4n) is 2.79. The number of hydrogen-bond donors (Lipinski definition) is 0. The molecule has 0 aliphatic carbocycles. The van der Waals surface area contributed by atoms with E-state index in [-0.39, 0.29) is 0 Å². The molecule has 1 saturated heterocycles. The molecule has 0 amide bonds. The topological polar surface area (TPSA) is 6.48 Å². The molecule has 3 heteroatoms. The molecule has 112 valence electrons. The summed E-state index contributed by atoms with van der Waals surface area (Å²) in [6.45, 7) is 9.45. The molecule has 1 aromatic carbocycles. The second kappa shape index (κ2) is 7.76. The number of nitrogens with zero attached hydrogens (tertiary/aromatic N) is 2. The second-order valence-electron chi connectivity index (χ2n) is 6.38. The Balaban J connectivity index is 1.75. The van der Waals surface area contributed by atoms with Crippen molar-refractivity contribution in [3.8, 4) is 0 Å². The largest absolute Gasteiger partial charge is 0.304 e. The van der Waals surface area contributed by atoms with Crippen LogP contribution >= 0.6 is 22.6 Å². The highest BCUT2D eigenvalue weighted by Crippen LogP contribution is 2.20. The van der Waals surface area contributed by atoms with Crippen molar-refractivity contribution in [2.45, 2.75) is 39.3 Å². The minimum Gasteiger partial charge on any atom is -0.304 e. The first-order valence-electron chi connectivity index (χ1n) is 7.71. The minimum atomic E-state index is 0.667. The highest BCUT2D eigenvalue weighted by Gasteiger charge is 2.21. The lowest BCUT2D eigenvalue weighted by Gasteiger charge is -2.35. The van der Waals surface area contributed by atoms with E-state index in [0.29, 0.717) is 6.04 Å². The van der Waals surface area contributed by atoms with Gasteiger partial charge in [0.05, 0.1) is 0 Å². The molecular weight excluding hydrogens is 359 g/mol. The van der Waals surface area contributed by atoms with Crippen molar-refractivity contribution in [3.63, 3.8) is 0 Å². The van der Waals surface area contributed by atoms with Crippen LogP contribution in [0.4, 0.5) is 0 Å². The van der Waals surface area contributed by atoms with E-state index in [2.05, 4.69) is 77.6 Å². The summed E-state index contributed by atoms with van der Waals surface area (Å²) in [6.07, 6.45) is 2.70. The van der Waals surface area contributed by atoms with Crippen molar-refractivity contribution >= 4 is 22.6 Å². The Morgan fingerprint density at radius 1 is 1.20 bits per heavy atom. The number of hydrogen-bond acceptors (Lipinski definition) is 2. The van der Waals surface area contributed by atoms with Gasteiger partial charge < -0.3 is 4.90 Å². The first-order valence-corrected chi connectivity index (χ1v) is 8.79. The standard InChI is InChI=1S/C17H27IN2/c1-14(2)19(3)12-16-8-10-20(11-9-16)13-15-4-6-17(18)7-5-15/h4-7,14,16H,8-13H2,1-3H3. The number of halogens is 1. The van der Waals surface area contributed by atoms with Crippen molar-refractivity contribution < 1.29 is 0 Å². The Labute approximate surface area is 137 Å². The zero-order chi connectivity index (χ0) is 14.5. The first kappa shape index (κ1) is 16.2. The molecule has 1 heterocycles. The van der Waals surface area contributed by atoms with E-state index in [1.54, 1.807) is 0 Å². The Kier molecular flexibility index (Phi) is 6.30. The summed E-state index contributed by atoms with van der Waals surface area (Å²) in [5.74, 6) is 0.885. The molecule has 2 rings (SSSR count). The smallest absolute Gasteiger partial charge is 0.0233 e. The third-order valence-electron chi connectivity index (χ3n) is 4.45. The predicted octanol–water partition coefficient (Wildman–Crippen LogP) is 3.84. The van der Waals surface area contributed by atoms with Gasteiger partial charge in [0.2, 0.25) is 0 Å². The molecule has 1 aliphatic rings. The summed E-state index contributed by atoms with van der Waals surface area (Å²) in [5.41, 5.74) is 1.45. The second-order valence-corrected chi connectivity index (χ2v) is 7.62. The van der Waals surface area contributed by atoms with Crippen LogP contribution in [0, 0.1) is 9.49 Å². The van der Waals surface area contributed by atoms with Gasteiger partial charge in [-0.3, -0.25) is 4.90 Å². The Bertz CT molecular complexity index is 394. The van der Waals surface area contributed by atoms with E-state index < -0.39 is 0 Å². The lowest BCUT2D eigenvalue weighted by atomic mass is 9.95. The van der Waals surface area contributed by atoms with Crippen LogP contribution < -0.4 is 0 Å². The molecule has 20 heavy (non-hydrogen) atoms. The molecule has 0 spiro atoms. The van der Waals surface area contributed by atoms with Crippen molar-refractivity contribution in [1.29, 1.82) is 0 Å². The quantitative estimate of drug-likeness (QED) is 0.710. The zero-order valence-electron chi connectivity index (χ0n) is 13.0. The van der Waals surface area contributed by atoms with Crippen molar-refractivity contribution in [1.82, 2.24) is 9.80 Å². The van der Waals surface area contributed by atoms with Crippen LogP contribution in [0.15, 0.2) is 24.3 Å². The highest BCUT2D eigenvalue weighted by molar-refractivity contribution is 14.1. The fourth-order valence-corrected chi connectivity index (χ4v) is 3.15. The van der Waals surface area contributed by atoms with Crippen molar-refractivity contribution in [3.05, 3.63) is 33.4 Å². The van der Waals surface area contributed by atoms with Gasteiger partial charge in [-0.05, 0) is 93.0 Å². The molecule has 0 atom stereocenters. The molecular formula is C17H27IN2. The van der Waals surface area contributed by atoms with E-state index in [4.69, 9.17) is 0 Å². The van der Waals surface area contributed by atoms with E-state index in [1.165, 1.54) is 41.6 Å². The lowest BCUT2D eigenvalue weighted by molar-refractivity contribution is 0.138. The van der Waals surface area contributed by atoms with E-state index in [0.717, 1.165) is 12.5 Å². The average molecular weight is 386 g/mol. The third kappa shape index (κ3) is 5.01. The summed E-state index contributed by atoms with van der Waals surface area (Å²) >= 11 is 2.37. The fraction of sp³-hybridized carbons (Fsp3) is 0.647. The van der Waals surface area contributed by atoms with Crippen LogP contribution in [0.3, 0.4) is 0 Å². The van der Waals surface area contributed by atoms with Crippen LogP contribution in [0.25, 0.3) is 0 Å². The van der Waals surface area contributed by atoms with Gasteiger partial charge in [0, 0.05) is 22.7 Å². The summed E-state index contributed by atoms with van der Waals surface area (Å²) in [5, 5.41) is 0. The van der Waals surface area contributed by atoms with Crippen LogP contribution in [0.5, 0.6) is 0 Å². The van der Waals surface area contributed by atoms with E-state index in [9.17, 15) is 0 Å². The molecule has 1 aliphatic heterocycles. The van der Waals surface area contributed by atoms with Crippen LogP contribution in [-0.2, 0) is 6.54 Å². The van der Waals surface area contributed by atoms with Gasteiger partial charge in [-0.1, -0.05) is 12.1 Å². The summed E-state index contributed by atoms with van der Waals surface area (Å²) in [6, 6.07) is 9.61. The molecule has 0 bridgehead atoms. The zero-order valence-corrected chi connectivity index (χ0v) is 15.1. The van der Waals surface area contributed by atoms with Gasteiger partial charge in [0.25, 0.3) is 0 Å². The van der Waals surface area contributed by atoms with Gasteiger partial charge in [-0.15, -0.1) is 0 Å². The van der Waals surface area contributed by atoms with E-state index in [1.807, 2.05) is 0 Å². The molecule has 0 N–H and O–H groups in total. The number of piperidine rings is 1. The molecule has 0 aromatic heterocycles. The highest BCUT2D eigenvalue weighted by atomic mass is 127. The van der Waals surface area contributed by atoms with E-state index >= 15 is 0 Å². The van der Waals surface area contributed by atoms with Gasteiger partial charge in [-0.25, -0.2) is 0 Å². The maximum absolute atomic E-state index is 2.61. The SMILES string of the molecule is CC(C)N(C)CC1CCN(Cc2ccc(I)cc2)CC1. The molecule has 0 radical (unpaired) electrons. The minimum absolute atomic E-state index is 0.667. The van der Waals surface area contributed by atoms with Crippen LogP contribution in [0.1, 0.15) is 32.3 Å². The molecule has 1 fully saturated rings. The Hall–Kier alpha value is -0.130. The normalized spacial score (nSPS) is 18.1. The van der Waals surface area contributed by atoms with Gasteiger partial charge >= 0.3 is 0 Å². The van der Waals surface area contributed by atoms with Crippen LogP contribution in [-0.4, -0.2) is 42.5 Å². The predicted molar refractivity (Wildman–Crippen MR) is 94.9 cm³/mol. The molecule has 0 unspecified atom stereocenters. The lowest BCUT2D eigenvalue weighted by Crippen LogP contribution is -2.39. The summed E-state index contributed by atoms with van der Waals surface area (Å²) < 4.78 is 1.32. The van der Waals surface area contributed by atoms with Gasteiger partial charge in [-0.2, -0.15) is 0 Å². The maximum atomic E-state index is 2.61. The molecule has 0 saturated carbocycles. The van der Waals surface area contributed by atoms with Gasteiger partial charge in [0.15, 0.2) is 0 Å². The third-order valence-corrected chi connectivity index (χ3v) is 5.17. The average Bonchev–Trinajstić information content (AvgIpc) is 2.43. The number of benzene rings is 1. The first-order chi connectivity index (χ1) is 9.54. The van der Waals surface area contributed by atoms with Crippen LogP contribution in [0.2, 0.25) is 0 Å². The van der Waals surface area contributed by atoms with Crippen molar-refractivity contribution in [2.75, 3.05) is 26.7 Å². The number of rotatable bonds is 5. The molecule has 2 nitrogen and oxygen atoms in total.